The van der Waals surface area contributed by atoms with Crippen molar-refractivity contribution in [2.24, 2.45) is 17.8 Å². The molecule has 2 bridgehead atoms. The highest BCUT2D eigenvalue weighted by Gasteiger charge is 2.40. The van der Waals surface area contributed by atoms with Crippen LogP contribution >= 0.6 is 31.9 Å². The molecule has 2 saturated carbocycles. The van der Waals surface area contributed by atoms with Crippen molar-refractivity contribution in [2.45, 2.75) is 45.1 Å². The molecule has 0 spiro atoms. The van der Waals surface area contributed by atoms with E-state index in [-0.39, 0.29) is 0 Å². The minimum atomic E-state index is 0.483. The van der Waals surface area contributed by atoms with Crippen LogP contribution in [0.5, 0.6) is 0 Å². The van der Waals surface area contributed by atoms with Crippen LogP contribution in [0.3, 0.4) is 0 Å². The Kier molecular flexibility index (Phi) is 4.89. The van der Waals surface area contributed by atoms with Crippen molar-refractivity contribution in [1.29, 1.82) is 0 Å². The average molecular weight is 401 g/mol. The third kappa shape index (κ3) is 3.15. The lowest BCUT2D eigenvalue weighted by Crippen LogP contribution is -2.25. The first-order valence-electron chi connectivity index (χ1n) is 7.85. The highest BCUT2D eigenvalue weighted by atomic mass is 79.9. The smallest absolute Gasteiger partial charge is 0.0334 e. The Balaban J connectivity index is 1.76. The molecule has 1 nitrogen and oxygen atoms in total. The maximum Gasteiger partial charge on any atom is 0.0334 e. The van der Waals surface area contributed by atoms with Gasteiger partial charge in [-0.15, -0.1) is 0 Å². The topological polar surface area (TPSA) is 12.0 Å². The molecule has 0 saturated heterocycles. The van der Waals surface area contributed by atoms with Crippen LogP contribution in [0.2, 0.25) is 0 Å². The molecule has 1 aromatic rings. The summed E-state index contributed by atoms with van der Waals surface area (Å²) < 4.78 is 2.40. The maximum atomic E-state index is 3.73. The molecule has 0 radical (unpaired) electrons. The summed E-state index contributed by atoms with van der Waals surface area (Å²) in [5.41, 5.74) is 1.41. The molecule has 1 N–H and O–H groups in total. The van der Waals surface area contributed by atoms with E-state index in [0.717, 1.165) is 24.3 Å². The summed E-state index contributed by atoms with van der Waals surface area (Å²) in [4.78, 5) is 0. The Labute approximate surface area is 139 Å². The zero-order chi connectivity index (χ0) is 14.1. The van der Waals surface area contributed by atoms with Gasteiger partial charge in [-0.3, -0.25) is 0 Å². The quantitative estimate of drug-likeness (QED) is 0.669. The standard InChI is InChI=1S/C17H23Br2N/c1-2-20-17(15-10-14(18)5-6-16(15)19)9-13-8-11-3-4-12(13)7-11/h5-6,10-13,17,20H,2-4,7-9H2,1H3. The van der Waals surface area contributed by atoms with E-state index in [9.17, 15) is 0 Å². The lowest BCUT2D eigenvalue weighted by atomic mass is 9.83. The Morgan fingerprint density at radius 3 is 2.75 bits per heavy atom. The summed E-state index contributed by atoms with van der Waals surface area (Å²) in [6, 6.07) is 7.01. The van der Waals surface area contributed by atoms with E-state index in [1.54, 1.807) is 0 Å². The van der Waals surface area contributed by atoms with Crippen molar-refractivity contribution >= 4 is 31.9 Å². The predicted octanol–water partition coefficient (Wildman–Crippen LogP) is 5.69. The second-order valence-corrected chi connectivity index (χ2v) is 8.22. The molecule has 1 aromatic carbocycles. The van der Waals surface area contributed by atoms with E-state index in [0.29, 0.717) is 6.04 Å². The lowest BCUT2D eigenvalue weighted by Gasteiger charge is -2.28. The van der Waals surface area contributed by atoms with E-state index in [4.69, 9.17) is 0 Å². The van der Waals surface area contributed by atoms with Gasteiger partial charge in [0.15, 0.2) is 0 Å². The molecule has 3 heteroatoms. The van der Waals surface area contributed by atoms with Crippen molar-refractivity contribution in [2.75, 3.05) is 6.54 Å². The highest BCUT2D eigenvalue weighted by Crippen LogP contribution is 2.51. The van der Waals surface area contributed by atoms with Gasteiger partial charge in [0.05, 0.1) is 0 Å². The van der Waals surface area contributed by atoms with Crippen molar-refractivity contribution in [3.63, 3.8) is 0 Å². The Bertz CT molecular complexity index is 474. The van der Waals surface area contributed by atoms with Crippen LogP contribution in [0, 0.1) is 17.8 Å². The first-order valence-corrected chi connectivity index (χ1v) is 9.44. The van der Waals surface area contributed by atoms with Crippen molar-refractivity contribution < 1.29 is 0 Å². The molecule has 4 unspecified atom stereocenters. The van der Waals surface area contributed by atoms with Gasteiger partial charge in [-0.1, -0.05) is 45.2 Å². The van der Waals surface area contributed by atoms with Gasteiger partial charge in [-0.2, -0.15) is 0 Å². The molecular formula is C17H23Br2N. The maximum absolute atomic E-state index is 3.73. The third-order valence-electron chi connectivity index (χ3n) is 5.21. The van der Waals surface area contributed by atoms with Crippen LogP contribution in [-0.2, 0) is 0 Å². The number of hydrogen-bond donors (Lipinski definition) is 1. The summed E-state index contributed by atoms with van der Waals surface area (Å²) in [6.45, 7) is 3.24. The fourth-order valence-corrected chi connectivity index (χ4v) is 5.22. The SMILES string of the molecule is CCNC(CC1CC2CCC1C2)c1cc(Br)ccc1Br. The summed E-state index contributed by atoms with van der Waals surface area (Å²) in [5, 5.41) is 3.70. The number of nitrogens with one attached hydrogen (secondary N) is 1. The highest BCUT2D eigenvalue weighted by molar-refractivity contribution is 9.11. The number of benzene rings is 1. The van der Waals surface area contributed by atoms with Crippen LogP contribution in [0.25, 0.3) is 0 Å². The van der Waals surface area contributed by atoms with E-state index < -0.39 is 0 Å². The molecule has 20 heavy (non-hydrogen) atoms. The van der Waals surface area contributed by atoms with Gasteiger partial charge < -0.3 is 5.32 Å². The Hall–Kier alpha value is 0.140. The molecule has 0 amide bonds. The lowest BCUT2D eigenvalue weighted by molar-refractivity contribution is 0.280. The van der Waals surface area contributed by atoms with Crippen LogP contribution in [0.1, 0.15) is 50.6 Å². The molecule has 0 heterocycles. The number of halogens is 2. The molecular weight excluding hydrogens is 378 g/mol. The Morgan fingerprint density at radius 1 is 1.25 bits per heavy atom. The first-order chi connectivity index (χ1) is 9.67. The normalized spacial score (nSPS) is 29.9. The molecule has 2 fully saturated rings. The molecule has 2 aliphatic carbocycles. The minimum absolute atomic E-state index is 0.483. The van der Waals surface area contributed by atoms with Gasteiger partial charge in [0.25, 0.3) is 0 Å². The van der Waals surface area contributed by atoms with Crippen LogP contribution in [0.15, 0.2) is 27.1 Å². The van der Waals surface area contributed by atoms with Crippen LogP contribution in [0.4, 0.5) is 0 Å². The second kappa shape index (κ2) is 6.50. The third-order valence-corrected chi connectivity index (χ3v) is 6.42. The summed E-state index contributed by atoms with van der Waals surface area (Å²) in [7, 11) is 0. The molecule has 3 rings (SSSR count). The van der Waals surface area contributed by atoms with E-state index in [1.165, 1.54) is 46.6 Å². The van der Waals surface area contributed by atoms with E-state index in [1.807, 2.05) is 0 Å². The average Bonchev–Trinajstić information content (AvgIpc) is 3.03. The van der Waals surface area contributed by atoms with E-state index >= 15 is 0 Å². The van der Waals surface area contributed by atoms with E-state index in [2.05, 4.69) is 62.3 Å². The Morgan fingerprint density at radius 2 is 2.10 bits per heavy atom. The first kappa shape index (κ1) is 15.1. The summed E-state index contributed by atoms with van der Waals surface area (Å²) >= 11 is 7.34. The van der Waals surface area contributed by atoms with Crippen LogP contribution < -0.4 is 5.32 Å². The zero-order valence-corrected chi connectivity index (χ0v) is 15.2. The van der Waals surface area contributed by atoms with Crippen molar-refractivity contribution in [1.82, 2.24) is 5.32 Å². The fraction of sp³-hybridized carbons (Fsp3) is 0.647. The zero-order valence-electron chi connectivity index (χ0n) is 12.0. The minimum Gasteiger partial charge on any atom is -0.310 e. The van der Waals surface area contributed by atoms with Gasteiger partial charge in [0, 0.05) is 15.0 Å². The second-order valence-electron chi connectivity index (χ2n) is 6.45. The summed E-state index contributed by atoms with van der Waals surface area (Å²) in [6.07, 6.45) is 7.24. The number of rotatable bonds is 5. The van der Waals surface area contributed by atoms with Gasteiger partial charge >= 0.3 is 0 Å². The number of hydrogen-bond acceptors (Lipinski definition) is 1. The summed E-state index contributed by atoms with van der Waals surface area (Å²) in [5.74, 6) is 2.98. The molecule has 4 atom stereocenters. The van der Waals surface area contributed by atoms with Crippen molar-refractivity contribution in [3.05, 3.63) is 32.7 Å². The molecule has 0 aliphatic heterocycles. The van der Waals surface area contributed by atoms with Gasteiger partial charge in [-0.25, -0.2) is 0 Å². The van der Waals surface area contributed by atoms with Crippen molar-refractivity contribution in [3.8, 4) is 0 Å². The van der Waals surface area contributed by atoms with Crippen LogP contribution in [-0.4, -0.2) is 6.54 Å². The van der Waals surface area contributed by atoms with Gasteiger partial charge in [-0.05, 0) is 73.7 Å². The molecule has 110 valence electrons. The largest absolute Gasteiger partial charge is 0.310 e. The van der Waals surface area contributed by atoms with Gasteiger partial charge in [0.1, 0.15) is 0 Å². The predicted molar refractivity (Wildman–Crippen MR) is 91.8 cm³/mol. The molecule has 0 aromatic heterocycles. The monoisotopic (exact) mass is 399 g/mol. The molecule has 2 aliphatic rings. The van der Waals surface area contributed by atoms with Gasteiger partial charge in [0.2, 0.25) is 0 Å². The number of fused-ring (bicyclic) bond motifs is 2. The fourth-order valence-electron chi connectivity index (χ4n) is 4.32.